The van der Waals surface area contributed by atoms with Crippen molar-refractivity contribution in [1.82, 2.24) is 10.0 Å². The maximum atomic E-state index is 12.1. The maximum Gasteiger partial charge on any atom is 0.240 e. The Morgan fingerprint density at radius 3 is 2.63 bits per heavy atom. The van der Waals surface area contributed by atoms with Gasteiger partial charge in [-0.2, -0.15) is 0 Å². The summed E-state index contributed by atoms with van der Waals surface area (Å²) in [6.07, 6.45) is 2.06. The van der Waals surface area contributed by atoms with Crippen LogP contribution >= 0.6 is 28.3 Å². The molecule has 1 aromatic carbocycles. The molecule has 0 aliphatic carbocycles. The first kappa shape index (κ1) is 16.9. The standard InChI is InChI=1S/C12H17BrN2O2S.ClH/c13-11-2-1-3-12(8-11)18(16,17)15-9-10-4-6-14-7-5-10;/h1-3,8,10,14-15H,4-7,9H2;1H. The fourth-order valence-corrected chi connectivity index (χ4v) is 3.74. The Kier molecular flexibility index (Phi) is 6.76. The molecule has 1 aliphatic heterocycles. The molecular formula is C12H18BrClN2O2S. The van der Waals surface area contributed by atoms with Crippen LogP contribution in [0, 0.1) is 5.92 Å². The SMILES string of the molecule is Cl.O=S(=O)(NCC1CCNCC1)c1cccc(Br)c1. The molecule has 4 nitrogen and oxygen atoms in total. The molecule has 1 saturated heterocycles. The molecular weight excluding hydrogens is 352 g/mol. The van der Waals surface area contributed by atoms with E-state index < -0.39 is 10.0 Å². The number of hydrogen-bond acceptors (Lipinski definition) is 3. The van der Waals surface area contributed by atoms with E-state index in [4.69, 9.17) is 0 Å². The summed E-state index contributed by atoms with van der Waals surface area (Å²) < 4.78 is 27.6. The fraction of sp³-hybridized carbons (Fsp3) is 0.500. The van der Waals surface area contributed by atoms with Crippen molar-refractivity contribution in [1.29, 1.82) is 0 Å². The van der Waals surface area contributed by atoms with Gasteiger partial charge in [0.25, 0.3) is 0 Å². The van der Waals surface area contributed by atoms with Crippen LogP contribution in [0.3, 0.4) is 0 Å². The molecule has 1 heterocycles. The van der Waals surface area contributed by atoms with Gasteiger partial charge in [0, 0.05) is 11.0 Å². The fourth-order valence-electron chi connectivity index (χ4n) is 2.03. The van der Waals surface area contributed by atoms with Crippen LogP contribution in [0.25, 0.3) is 0 Å². The van der Waals surface area contributed by atoms with Crippen LogP contribution in [0.5, 0.6) is 0 Å². The van der Waals surface area contributed by atoms with Crippen LogP contribution < -0.4 is 10.0 Å². The van der Waals surface area contributed by atoms with E-state index >= 15 is 0 Å². The molecule has 19 heavy (non-hydrogen) atoms. The van der Waals surface area contributed by atoms with Crippen LogP contribution in [0.2, 0.25) is 0 Å². The average molecular weight is 370 g/mol. The Labute approximate surface area is 128 Å². The Hall–Kier alpha value is -0.140. The van der Waals surface area contributed by atoms with E-state index in [1.165, 1.54) is 0 Å². The molecule has 0 bridgehead atoms. The minimum Gasteiger partial charge on any atom is -0.317 e. The topological polar surface area (TPSA) is 58.2 Å². The van der Waals surface area contributed by atoms with Crippen LogP contribution in [-0.2, 0) is 10.0 Å². The van der Waals surface area contributed by atoms with Gasteiger partial charge in [0.1, 0.15) is 0 Å². The molecule has 2 rings (SSSR count). The highest BCUT2D eigenvalue weighted by Crippen LogP contribution is 2.17. The lowest BCUT2D eigenvalue weighted by Gasteiger charge is -2.22. The molecule has 2 N–H and O–H groups in total. The minimum absolute atomic E-state index is 0. The number of hydrogen-bond donors (Lipinski definition) is 2. The lowest BCUT2D eigenvalue weighted by molar-refractivity contribution is 0.372. The third-order valence-electron chi connectivity index (χ3n) is 3.13. The first-order valence-corrected chi connectivity index (χ1v) is 8.31. The highest BCUT2D eigenvalue weighted by Gasteiger charge is 2.18. The van der Waals surface area contributed by atoms with Crippen LogP contribution in [0.4, 0.5) is 0 Å². The number of halogens is 2. The molecule has 0 amide bonds. The van der Waals surface area contributed by atoms with Crippen LogP contribution in [0.15, 0.2) is 33.6 Å². The van der Waals surface area contributed by atoms with Crippen molar-refractivity contribution in [3.8, 4) is 0 Å². The zero-order valence-electron chi connectivity index (χ0n) is 10.4. The zero-order valence-corrected chi connectivity index (χ0v) is 13.7. The molecule has 1 aliphatic rings. The molecule has 0 atom stereocenters. The van der Waals surface area contributed by atoms with Gasteiger partial charge in [-0.25, -0.2) is 13.1 Å². The van der Waals surface area contributed by atoms with Crippen LogP contribution in [0.1, 0.15) is 12.8 Å². The van der Waals surface area contributed by atoms with E-state index in [2.05, 4.69) is 26.0 Å². The van der Waals surface area contributed by atoms with Gasteiger partial charge in [-0.05, 0) is 50.0 Å². The van der Waals surface area contributed by atoms with E-state index in [9.17, 15) is 8.42 Å². The number of nitrogens with one attached hydrogen (secondary N) is 2. The van der Waals surface area contributed by atoms with Gasteiger partial charge >= 0.3 is 0 Å². The van der Waals surface area contributed by atoms with E-state index in [1.54, 1.807) is 18.2 Å². The lowest BCUT2D eigenvalue weighted by atomic mass is 9.99. The smallest absolute Gasteiger partial charge is 0.240 e. The second-order valence-electron chi connectivity index (χ2n) is 4.50. The minimum atomic E-state index is -3.38. The van der Waals surface area contributed by atoms with E-state index in [1.807, 2.05) is 6.07 Å². The first-order valence-electron chi connectivity index (χ1n) is 6.04. The quantitative estimate of drug-likeness (QED) is 0.855. The number of benzene rings is 1. The first-order chi connectivity index (χ1) is 8.58. The molecule has 0 unspecified atom stereocenters. The second-order valence-corrected chi connectivity index (χ2v) is 7.19. The Balaban J connectivity index is 0.00000180. The summed E-state index contributed by atoms with van der Waals surface area (Å²) in [6, 6.07) is 6.76. The predicted octanol–water partition coefficient (Wildman–Crippen LogP) is 2.15. The van der Waals surface area contributed by atoms with Gasteiger partial charge in [-0.15, -0.1) is 12.4 Å². The van der Waals surface area contributed by atoms with Crippen LogP contribution in [-0.4, -0.2) is 28.1 Å². The van der Waals surface area contributed by atoms with Gasteiger partial charge in [0.05, 0.1) is 4.90 Å². The second kappa shape index (κ2) is 7.59. The highest BCUT2D eigenvalue weighted by molar-refractivity contribution is 9.10. The molecule has 0 spiro atoms. The Bertz CT molecular complexity index is 504. The summed E-state index contributed by atoms with van der Waals surface area (Å²) in [5, 5.41) is 3.27. The summed E-state index contributed by atoms with van der Waals surface area (Å²) in [5.41, 5.74) is 0. The van der Waals surface area contributed by atoms with Crippen molar-refractivity contribution in [3.05, 3.63) is 28.7 Å². The summed E-state index contributed by atoms with van der Waals surface area (Å²) in [7, 11) is -3.38. The molecule has 0 saturated carbocycles. The Morgan fingerprint density at radius 1 is 1.32 bits per heavy atom. The number of rotatable bonds is 4. The van der Waals surface area contributed by atoms with Gasteiger partial charge in [-0.3, -0.25) is 0 Å². The monoisotopic (exact) mass is 368 g/mol. The van der Waals surface area contributed by atoms with Crippen molar-refractivity contribution in [2.24, 2.45) is 5.92 Å². The van der Waals surface area contributed by atoms with Gasteiger partial charge in [-0.1, -0.05) is 22.0 Å². The third kappa shape index (κ3) is 5.04. The zero-order chi connectivity index (χ0) is 13.0. The number of piperidine rings is 1. The largest absolute Gasteiger partial charge is 0.317 e. The van der Waals surface area contributed by atoms with Crippen molar-refractivity contribution < 1.29 is 8.42 Å². The average Bonchev–Trinajstić information content (AvgIpc) is 2.38. The van der Waals surface area contributed by atoms with E-state index in [0.29, 0.717) is 17.4 Å². The summed E-state index contributed by atoms with van der Waals surface area (Å²) in [4.78, 5) is 0.311. The van der Waals surface area contributed by atoms with E-state index in [0.717, 1.165) is 30.4 Å². The Morgan fingerprint density at radius 2 is 2.00 bits per heavy atom. The predicted molar refractivity (Wildman–Crippen MR) is 82.2 cm³/mol. The normalized spacial score (nSPS) is 16.9. The number of sulfonamides is 1. The lowest BCUT2D eigenvalue weighted by Crippen LogP contribution is -2.35. The third-order valence-corrected chi connectivity index (χ3v) is 5.04. The molecule has 108 valence electrons. The van der Waals surface area contributed by atoms with E-state index in [-0.39, 0.29) is 12.4 Å². The van der Waals surface area contributed by atoms with Gasteiger partial charge in [0.2, 0.25) is 10.0 Å². The van der Waals surface area contributed by atoms with Gasteiger partial charge in [0.15, 0.2) is 0 Å². The molecule has 0 radical (unpaired) electrons. The maximum absolute atomic E-state index is 12.1. The molecule has 1 fully saturated rings. The molecule has 7 heteroatoms. The highest BCUT2D eigenvalue weighted by atomic mass is 79.9. The van der Waals surface area contributed by atoms with Crippen molar-refractivity contribution in [3.63, 3.8) is 0 Å². The van der Waals surface area contributed by atoms with Gasteiger partial charge < -0.3 is 5.32 Å². The summed E-state index contributed by atoms with van der Waals surface area (Å²) >= 11 is 3.28. The molecule has 0 aromatic heterocycles. The summed E-state index contributed by atoms with van der Waals surface area (Å²) in [5.74, 6) is 0.438. The van der Waals surface area contributed by atoms with Crippen molar-refractivity contribution >= 4 is 38.4 Å². The van der Waals surface area contributed by atoms with Crippen molar-refractivity contribution in [2.45, 2.75) is 17.7 Å². The summed E-state index contributed by atoms with van der Waals surface area (Å²) in [6.45, 7) is 2.48. The van der Waals surface area contributed by atoms with Crippen molar-refractivity contribution in [2.75, 3.05) is 19.6 Å². The molecule has 1 aromatic rings.